The van der Waals surface area contributed by atoms with Crippen LogP contribution in [0.15, 0.2) is 30.3 Å². The molecule has 21 heavy (non-hydrogen) atoms. The molecule has 1 aromatic carbocycles. The zero-order chi connectivity index (χ0) is 14.5. The first-order valence-electron chi connectivity index (χ1n) is 8.34. The molecule has 0 amide bonds. The molecule has 2 fully saturated rings. The molecule has 0 bridgehead atoms. The lowest BCUT2D eigenvalue weighted by Gasteiger charge is -2.39. The molecule has 1 saturated heterocycles. The van der Waals surface area contributed by atoms with Gasteiger partial charge in [-0.25, -0.2) is 0 Å². The summed E-state index contributed by atoms with van der Waals surface area (Å²) in [6.45, 7) is 4.86. The Labute approximate surface area is 133 Å². The average Bonchev–Trinajstić information content (AvgIpc) is 2.98. The summed E-state index contributed by atoms with van der Waals surface area (Å²) in [6, 6.07) is 11.5. The summed E-state index contributed by atoms with van der Waals surface area (Å²) in [5.74, 6) is 0. The lowest BCUT2D eigenvalue weighted by molar-refractivity contribution is 0.182. The van der Waals surface area contributed by atoms with Gasteiger partial charge in [-0.1, -0.05) is 43.2 Å². The van der Waals surface area contributed by atoms with E-state index in [1.807, 2.05) is 0 Å². The van der Waals surface area contributed by atoms with Crippen LogP contribution in [0.2, 0.25) is 0 Å². The van der Waals surface area contributed by atoms with Crippen LogP contribution >= 0.6 is 11.8 Å². The molecule has 2 nitrogen and oxygen atoms in total. The summed E-state index contributed by atoms with van der Waals surface area (Å²) in [7, 11) is 0. The molecule has 1 N–H and O–H groups in total. The number of benzene rings is 1. The monoisotopic (exact) mass is 304 g/mol. The zero-order valence-electron chi connectivity index (χ0n) is 13.2. The second-order valence-electron chi connectivity index (χ2n) is 6.67. The van der Waals surface area contributed by atoms with Crippen molar-refractivity contribution in [3.63, 3.8) is 0 Å². The average molecular weight is 305 g/mol. The highest BCUT2D eigenvalue weighted by Gasteiger charge is 2.35. The van der Waals surface area contributed by atoms with Crippen molar-refractivity contribution in [3.05, 3.63) is 35.9 Å². The Kier molecular flexibility index (Phi) is 5.25. The van der Waals surface area contributed by atoms with Gasteiger partial charge in [0.15, 0.2) is 0 Å². The van der Waals surface area contributed by atoms with Crippen LogP contribution in [0.4, 0.5) is 0 Å². The zero-order valence-corrected chi connectivity index (χ0v) is 14.0. The van der Waals surface area contributed by atoms with Crippen molar-refractivity contribution in [3.8, 4) is 0 Å². The van der Waals surface area contributed by atoms with Crippen LogP contribution in [-0.4, -0.2) is 48.1 Å². The van der Waals surface area contributed by atoms with Gasteiger partial charge in [0.2, 0.25) is 0 Å². The van der Waals surface area contributed by atoms with E-state index in [4.69, 9.17) is 0 Å². The van der Waals surface area contributed by atoms with Crippen molar-refractivity contribution in [2.24, 2.45) is 0 Å². The highest BCUT2D eigenvalue weighted by Crippen LogP contribution is 2.40. The predicted molar refractivity (Wildman–Crippen MR) is 93.1 cm³/mol. The van der Waals surface area contributed by atoms with Crippen molar-refractivity contribution in [1.29, 1.82) is 0 Å². The second-order valence-corrected chi connectivity index (χ2v) is 7.94. The molecule has 1 aromatic rings. The minimum absolute atomic E-state index is 0.550. The molecule has 2 aliphatic rings. The van der Waals surface area contributed by atoms with E-state index in [1.54, 1.807) is 0 Å². The number of thioether (sulfide) groups is 1. The molecular weight excluding hydrogens is 276 g/mol. The van der Waals surface area contributed by atoms with Crippen molar-refractivity contribution < 1.29 is 0 Å². The van der Waals surface area contributed by atoms with Crippen LogP contribution in [0, 0.1) is 0 Å². The molecule has 1 saturated carbocycles. The molecule has 116 valence electrons. The highest BCUT2D eigenvalue weighted by atomic mass is 32.2. The first kappa shape index (κ1) is 15.4. The van der Waals surface area contributed by atoms with Crippen molar-refractivity contribution in [2.75, 3.05) is 32.4 Å². The van der Waals surface area contributed by atoms with Gasteiger partial charge in [0.25, 0.3) is 0 Å². The summed E-state index contributed by atoms with van der Waals surface area (Å²) in [5, 5.41) is 3.70. The largest absolute Gasteiger partial charge is 0.311 e. The molecule has 0 radical (unpaired) electrons. The normalized spacial score (nSPS) is 26.0. The Morgan fingerprint density at radius 2 is 2.00 bits per heavy atom. The predicted octanol–water partition coefficient (Wildman–Crippen LogP) is 3.18. The van der Waals surface area contributed by atoms with E-state index in [1.165, 1.54) is 50.9 Å². The lowest BCUT2D eigenvalue weighted by Crippen LogP contribution is -2.54. The van der Waals surface area contributed by atoms with Crippen LogP contribution < -0.4 is 5.32 Å². The number of hydrogen-bond acceptors (Lipinski definition) is 3. The van der Waals surface area contributed by atoms with Gasteiger partial charge in [-0.2, -0.15) is 11.8 Å². The summed E-state index contributed by atoms with van der Waals surface area (Å²) in [6.07, 6.45) is 9.17. The summed E-state index contributed by atoms with van der Waals surface area (Å²) in [4.78, 5) is 2.71. The van der Waals surface area contributed by atoms with Crippen LogP contribution in [-0.2, 0) is 6.42 Å². The van der Waals surface area contributed by atoms with Gasteiger partial charge < -0.3 is 5.32 Å². The maximum Gasteiger partial charge on any atom is 0.0284 e. The fourth-order valence-corrected chi connectivity index (χ4v) is 4.94. The molecule has 1 aliphatic heterocycles. The summed E-state index contributed by atoms with van der Waals surface area (Å²) >= 11 is 2.12. The molecular formula is C18H28N2S. The van der Waals surface area contributed by atoms with Gasteiger partial charge in [0.1, 0.15) is 0 Å². The van der Waals surface area contributed by atoms with Crippen molar-refractivity contribution in [1.82, 2.24) is 10.2 Å². The van der Waals surface area contributed by atoms with E-state index >= 15 is 0 Å². The summed E-state index contributed by atoms with van der Waals surface area (Å²) in [5.41, 5.74) is 1.46. The first-order chi connectivity index (χ1) is 10.3. The minimum atomic E-state index is 0.550. The Bertz CT molecular complexity index is 428. The van der Waals surface area contributed by atoms with E-state index in [0.717, 1.165) is 13.0 Å². The van der Waals surface area contributed by atoms with Gasteiger partial charge in [-0.3, -0.25) is 4.90 Å². The minimum Gasteiger partial charge on any atom is -0.311 e. The van der Waals surface area contributed by atoms with Gasteiger partial charge in [0, 0.05) is 37.0 Å². The quantitative estimate of drug-likeness (QED) is 0.899. The van der Waals surface area contributed by atoms with Crippen LogP contribution in [0.3, 0.4) is 0 Å². The number of nitrogens with zero attached hydrogens (tertiary/aromatic N) is 1. The molecule has 3 heteroatoms. The third-order valence-electron chi connectivity index (χ3n) is 5.12. The van der Waals surface area contributed by atoms with E-state index in [0.29, 0.717) is 10.8 Å². The number of piperazine rings is 1. The maximum atomic E-state index is 3.70. The molecule has 0 spiro atoms. The molecule has 1 unspecified atom stereocenters. The van der Waals surface area contributed by atoms with E-state index < -0.39 is 0 Å². The molecule has 0 aromatic heterocycles. The van der Waals surface area contributed by atoms with Crippen molar-refractivity contribution in [2.45, 2.75) is 42.9 Å². The fourth-order valence-electron chi connectivity index (χ4n) is 3.93. The third-order valence-corrected chi connectivity index (χ3v) is 6.53. The molecule has 1 aliphatic carbocycles. The van der Waals surface area contributed by atoms with E-state index in [2.05, 4.69) is 58.6 Å². The lowest BCUT2D eigenvalue weighted by atomic mass is 10.0. The molecule has 3 rings (SSSR count). The summed E-state index contributed by atoms with van der Waals surface area (Å²) < 4.78 is 0.550. The molecule has 1 atom stereocenters. The van der Waals surface area contributed by atoms with Crippen molar-refractivity contribution >= 4 is 11.8 Å². The van der Waals surface area contributed by atoms with Gasteiger partial charge in [-0.05, 0) is 31.1 Å². The Hall–Kier alpha value is -0.510. The smallest absolute Gasteiger partial charge is 0.0284 e. The highest BCUT2D eigenvalue weighted by molar-refractivity contribution is 8.00. The maximum absolute atomic E-state index is 3.70. The number of hydrogen-bond donors (Lipinski definition) is 1. The SMILES string of the molecule is CSC1(CN2CCNC(Cc3ccccc3)C2)CCCC1. The second kappa shape index (κ2) is 7.17. The van der Waals surface area contributed by atoms with Crippen LogP contribution in [0.1, 0.15) is 31.2 Å². The van der Waals surface area contributed by atoms with Gasteiger partial charge in [0.05, 0.1) is 0 Å². The fraction of sp³-hybridized carbons (Fsp3) is 0.667. The van der Waals surface area contributed by atoms with Crippen LogP contribution in [0.25, 0.3) is 0 Å². The van der Waals surface area contributed by atoms with E-state index in [9.17, 15) is 0 Å². The Balaban J connectivity index is 1.55. The number of rotatable bonds is 5. The standard InChI is InChI=1S/C18H28N2S/c1-21-18(9-5-6-10-18)15-20-12-11-19-17(14-20)13-16-7-3-2-4-8-16/h2-4,7-8,17,19H,5-6,9-15H2,1H3. The Morgan fingerprint density at radius 3 is 2.71 bits per heavy atom. The van der Waals surface area contributed by atoms with E-state index in [-0.39, 0.29) is 0 Å². The number of nitrogens with one attached hydrogen (secondary N) is 1. The third kappa shape index (κ3) is 4.02. The van der Waals surface area contributed by atoms with Gasteiger partial charge in [-0.15, -0.1) is 0 Å². The van der Waals surface area contributed by atoms with Gasteiger partial charge >= 0.3 is 0 Å². The Morgan fingerprint density at radius 1 is 1.24 bits per heavy atom. The first-order valence-corrected chi connectivity index (χ1v) is 9.57. The van der Waals surface area contributed by atoms with Crippen LogP contribution in [0.5, 0.6) is 0 Å². The molecule has 1 heterocycles. The topological polar surface area (TPSA) is 15.3 Å².